The molecule has 4 aromatic heterocycles. The van der Waals surface area contributed by atoms with Gasteiger partial charge in [0, 0.05) is 11.9 Å². The van der Waals surface area contributed by atoms with Crippen molar-refractivity contribution in [3.8, 4) is 17.6 Å². The first-order valence-corrected chi connectivity index (χ1v) is 9.50. The number of nitrogens with zero attached hydrogens (tertiary/aromatic N) is 8. The van der Waals surface area contributed by atoms with Crippen LogP contribution in [0.5, 0.6) is 0 Å². The number of aliphatic hydroxyl groups excluding tert-OH is 1. The van der Waals surface area contributed by atoms with E-state index in [0.29, 0.717) is 11.3 Å². The van der Waals surface area contributed by atoms with Crippen LogP contribution in [0.3, 0.4) is 0 Å². The average molecular weight is 455 g/mol. The number of nitriles is 1. The minimum atomic E-state index is -4.82. The summed E-state index contributed by atoms with van der Waals surface area (Å²) in [6, 6.07) is 4.66. The van der Waals surface area contributed by atoms with Gasteiger partial charge in [-0.3, -0.25) is 4.98 Å². The van der Waals surface area contributed by atoms with E-state index >= 15 is 0 Å². The summed E-state index contributed by atoms with van der Waals surface area (Å²) in [5.74, 6) is 0.134. The van der Waals surface area contributed by atoms with E-state index < -0.39 is 23.7 Å². The normalized spacial score (nSPS) is 12.4. The minimum absolute atomic E-state index is 0.0537. The molecule has 0 radical (unpaired) electrons. The van der Waals surface area contributed by atoms with E-state index in [1.54, 1.807) is 13.8 Å². The number of halogens is 3. The fourth-order valence-corrected chi connectivity index (χ4v) is 3.22. The average Bonchev–Trinajstić information content (AvgIpc) is 3.45. The third-order valence-corrected chi connectivity index (χ3v) is 4.92. The SMILES string of the molecule is Cc1nccc(-n2ncc(C(O)Nc3cnc(-n4nccn4)c(C#N)c3)c2C(F)(F)F)c1C. The first-order chi connectivity index (χ1) is 15.7. The summed E-state index contributed by atoms with van der Waals surface area (Å²) in [6.45, 7) is 3.31. The van der Waals surface area contributed by atoms with Gasteiger partial charge in [-0.1, -0.05) is 0 Å². The number of nitrogens with one attached hydrogen (secondary N) is 1. The quantitative estimate of drug-likeness (QED) is 0.440. The van der Waals surface area contributed by atoms with Gasteiger partial charge in [0.15, 0.2) is 17.7 Å². The zero-order chi connectivity index (χ0) is 23.8. The van der Waals surface area contributed by atoms with Crippen LogP contribution in [0.25, 0.3) is 11.5 Å². The molecule has 1 unspecified atom stereocenters. The van der Waals surface area contributed by atoms with Gasteiger partial charge in [-0.15, -0.1) is 4.80 Å². The summed E-state index contributed by atoms with van der Waals surface area (Å²) in [4.78, 5) is 9.27. The summed E-state index contributed by atoms with van der Waals surface area (Å²) in [7, 11) is 0. The molecule has 0 aliphatic carbocycles. The number of hydrogen-bond donors (Lipinski definition) is 2. The van der Waals surface area contributed by atoms with Gasteiger partial charge < -0.3 is 10.4 Å². The van der Waals surface area contributed by atoms with Crippen molar-refractivity contribution in [2.24, 2.45) is 0 Å². The third kappa shape index (κ3) is 4.11. The second-order valence-electron chi connectivity index (χ2n) is 6.97. The minimum Gasteiger partial charge on any atom is -0.369 e. The van der Waals surface area contributed by atoms with Crippen molar-refractivity contribution in [2.75, 3.05) is 5.32 Å². The Morgan fingerprint density at radius 3 is 2.48 bits per heavy atom. The van der Waals surface area contributed by atoms with Gasteiger partial charge in [-0.2, -0.15) is 33.7 Å². The fourth-order valence-electron chi connectivity index (χ4n) is 3.22. The van der Waals surface area contributed by atoms with E-state index in [4.69, 9.17) is 0 Å². The van der Waals surface area contributed by atoms with Crippen LogP contribution in [0.15, 0.2) is 43.1 Å². The number of aromatic nitrogens is 7. The molecule has 0 aliphatic heterocycles. The summed E-state index contributed by atoms with van der Waals surface area (Å²) >= 11 is 0. The molecule has 0 saturated carbocycles. The van der Waals surface area contributed by atoms with Gasteiger partial charge in [0.25, 0.3) is 0 Å². The first-order valence-electron chi connectivity index (χ1n) is 9.50. The van der Waals surface area contributed by atoms with Crippen LogP contribution in [0.2, 0.25) is 0 Å². The lowest BCUT2D eigenvalue weighted by molar-refractivity contribution is -0.144. The van der Waals surface area contributed by atoms with Gasteiger partial charge in [0.05, 0.1) is 41.7 Å². The van der Waals surface area contributed by atoms with Crippen molar-refractivity contribution in [3.05, 3.63) is 71.2 Å². The highest BCUT2D eigenvalue weighted by molar-refractivity contribution is 5.54. The zero-order valence-electron chi connectivity index (χ0n) is 17.3. The molecule has 4 aromatic rings. The molecular formula is C20H16F3N9O. The standard InChI is InChI=1S/C20H16F3N9O/c1-11-12(2)25-4-3-16(11)31-17(20(21,22)23)15(10-29-31)19(33)30-14-7-13(8-24)18(26-9-14)32-27-5-6-28-32/h3-7,9-10,19,30,33H,1-2H3. The molecule has 1 atom stereocenters. The maximum Gasteiger partial charge on any atom is 0.433 e. The second kappa shape index (κ2) is 8.32. The zero-order valence-corrected chi connectivity index (χ0v) is 17.3. The number of anilines is 1. The molecule has 4 heterocycles. The molecule has 2 N–H and O–H groups in total. The molecule has 0 saturated heterocycles. The Bertz CT molecular complexity index is 1340. The topological polar surface area (TPSA) is 130 Å². The predicted molar refractivity (Wildman–Crippen MR) is 108 cm³/mol. The third-order valence-electron chi connectivity index (χ3n) is 4.92. The summed E-state index contributed by atoms with van der Waals surface area (Å²) in [5, 5.41) is 34.2. The molecule has 0 aliphatic rings. The van der Waals surface area contributed by atoms with Crippen LogP contribution in [0.4, 0.5) is 18.9 Å². The van der Waals surface area contributed by atoms with E-state index in [1.165, 1.54) is 36.9 Å². The predicted octanol–water partition coefficient (Wildman–Crippen LogP) is 2.85. The molecule has 0 bridgehead atoms. The Morgan fingerprint density at radius 1 is 1.09 bits per heavy atom. The van der Waals surface area contributed by atoms with Crippen LogP contribution < -0.4 is 5.32 Å². The van der Waals surface area contributed by atoms with Crippen molar-refractivity contribution >= 4 is 5.69 Å². The lowest BCUT2D eigenvalue weighted by Crippen LogP contribution is -2.20. The van der Waals surface area contributed by atoms with Crippen LogP contribution in [-0.2, 0) is 6.18 Å². The van der Waals surface area contributed by atoms with Crippen molar-refractivity contribution in [2.45, 2.75) is 26.3 Å². The van der Waals surface area contributed by atoms with Gasteiger partial charge >= 0.3 is 6.18 Å². The van der Waals surface area contributed by atoms with Crippen molar-refractivity contribution < 1.29 is 18.3 Å². The molecule has 0 fully saturated rings. The Morgan fingerprint density at radius 2 is 1.82 bits per heavy atom. The summed E-state index contributed by atoms with van der Waals surface area (Å²) in [6.07, 6.45) is -0.224. The Balaban J connectivity index is 1.71. The Labute approximate surface area is 185 Å². The van der Waals surface area contributed by atoms with Crippen molar-refractivity contribution in [1.82, 2.24) is 34.7 Å². The van der Waals surface area contributed by atoms with E-state index in [2.05, 4.69) is 30.6 Å². The molecule has 33 heavy (non-hydrogen) atoms. The van der Waals surface area contributed by atoms with E-state index in [-0.39, 0.29) is 22.8 Å². The van der Waals surface area contributed by atoms with Crippen molar-refractivity contribution in [3.63, 3.8) is 0 Å². The molecule has 13 heteroatoms. The molecular weight excluding hydrogens is 439 g/mol. The summed E-state index contributed by atoms with van der Waals surface area (Å²) < 4.78 is 42.7. The Hall–Kier alpha value is -4.31. The number of alkyl halides is 3. The highest BCUT2D eigenvalue weighted by Gasteiger charge is 2.40. The number of pyridine rings is 2. The van der Waals surface area contributed by atoms with E-state index in [0.717, 1.165) is 15.7 Å². The van der Waals surface area contributed by atoms with Crippen LogP contribution >= 0.6 is 0 Å². The second-order valence-corrected chi connectivity index (χ2v) is 6.97. The Kier molecular flexibility index (Phi) is 5.52. The van der Waals surface area contributed by atoms with Gasteiger partial charge in [0.1, 0.15) is 11.6 Å². The van der Waals surface area contributed by atoms with Crippen LogP contribution in [-0.4, -0.2) is 39.8 Å². The lowest BCUT2D eigenvalue weighted by Gasteiger charge is -2.18. The highest BCUT2D eigenvalue weighted by Crippen LogP contribution is 2.37. The maximum absolute atomic E-state index is 14.0. The fraction of sp³-hybridized carbons (Fsp3) is 0.200. The molecule has 0 aromatic carbocycles. The number of hydrogen-bond acceptors (Lipinski definition) is 8. The van der Waals surface area contributed by atoms with Gasteiger partial charge in [-0.05, 0) is 31.5 Å². The van der Waals surface area contributed by atoms with Gasteiger partial charge in [0.2, 0.25) is 0 Å². The number of rotatable bonds is 5. The van der Waals surface area contributed by atoms with Crippen molar-refractivity contribution in [1.29, 1.82) is 5.26 Å². The van der Waals surface area contributed by atoms with Crippen LogP contribution in [0, 0.1) is 25.2 Å². The lowest BCUT2D eigenvalue weighted by atomic mass is 10.1. The maximum atomic E-state index is 14.0. The first kappa shape index (κ1) is 21.9. The highest BCUT2D eigenvalue weighted by atomic mass is 19.4. The van der Waals surface area contributed by atoms with Gasteiger partial charge in [-0.25, -0.2) is 9.67 Å². The largest absolute Gasteiger partial charge is 0.433 e. The molecule has 10 nitrogen and oxygen atoms in total. The number of aryl methyl sites for hydroxylation is 1. The van der Waals surface area contributed by atoms with Crippen LogP contribution in [0.1, 0.15) is 34.3 Å². The smallest absolute Gasteiger partial charge is 0.369 e. The molecule has 168 valence electrons. The molecule has 0 spiro atoms. The molecule has 0 amide bonds. The van der Waals surface area contributed by atoms with E-state index in [1.807, 2.05) is 6.07 Å². The van der Waals surface area contributed by atoms with E-state index in [9.17, 15) is 23.5 Å². The number of aliphatic hydroxyl groups is 1. The monoisotopic (exact) mass is 455 g/mol. The summed E-state index contributed by atoms with van der Waals surface area (Å²) in [5.41, 5.74) is -0.193. The molecule has 4 rings (SSSR count).